The molecule has 0 spiro atoms. The maximum absolute atomic E-state index is 12.3. The van der Waals surface area contributed by atoms with Crippen molar-refractivity contribution in [2.45, 2.75) is 23.8 Å². The summed E-state index contributed by atoms with van der Waals surface area (Å²) in [7, 11) is -2.30. The molecule has 1 aliphatic heterocycles. The van der Waals surface area contributed by atoms with Crippen LogP contribution in [-0.2, 0) is 14.8 Å². The minimum absolute atomic E-state index is 0.115. The highest BCUT2D eigenvalue weighted by Gasteiger charge is 2.23. The molecule has 1 heterocycles. The normalized spacial score (nSPS) is 18.6. The molecule has 0 aromatic heterocycles. The molecule has 1 aliphatic rings. The van der Waals surface area contributed by atoms with Gasteiger partial charge in [-0.2, -0.15) is 4.31 Å². The Morgan fingerprint density at radius 2 is 2.09 bits per heavy atom. The molecular weight excluding hydrogens is 326 g/mol. The summed E-state index contributed by atoms with van der Waals surface area (Å²) >= 11 is 5.75. The van der Waals surface area contributed by atoms with Gasteiger partial charge in [-0.1, -0.05) is 11.6 Å². The van der Waals surface area contributed by atoms with E-state index in [0.29, 0.717) is 11.6 Å². The van der Waals surface area contributed by atoms with Gasteiger partial charge < -0.3 is 10.6 Å². The van der Waals surface area contributed by atoms with Gasteiger partial charge in [-0.05, 0) is 43.7 Å². The predicted octanol–water partition coefficient (Wildman–Crippen LogP) is 0.829. The fourth-order valence-electron chi connectivity index (χ4n) is 2.30. The van der Waals surface area contributed by atoms with E-state index in [1.165, 1.54) is 31.3 Å². The molecule has 0 aliphatic carbocycles. The summed E-state index contributed by atoms with van der Waals surface area (Å²) < 4.78 is 25.7. The summed E-state index contributed by atoms with van der Waals surface area (Å²) in [5.41, 5.74) is 0. The van der Waals surface area contributed by atoms with Gasteiger partial charge >= 0.3 is 0 Å². The minimum Gasteiger partial charge on any atom is -0.353 e. The van der Waals surface area contributed by atoms with E-state index in [-0.39, 0.29) is 23.4 Å². The second-order valence-corrected chi connectivity index (χ2v) is 7.79. The zero-order valence-electron chi connectivity index (χ0n) is 12.4. The van der Waals surface area contributed by atoms with Gasteiger partial charge in [-0.15, -0.1) is 0 Å². The maximum Gasteiger partial charge on any atom is 0.243 e. The largest absolute Gasteiger partial charge is 0.353 e. The van der Waals surface area contributed by atoms with Crippen molar-refractivity contribution in [2.24, 2.45) is 0 Å². The Hall–Kier alpha value is -1.15. The van der Waals surface area contributed by atoms with Crippen molar-refractivity contribution in [3.05, 3.63) is 29.3 Å². The highest BCUT2D eigenvalue weighted by atomic mass is 35.5. The number of carbonyl (C=O) groups excluding carboxylic acids is 1. The second kappa shape index (κ2) is 7.41. The molecule has 1 fully saturated rings. The highest BCUT2D eigenvalue weighted by Crippen LogP contribution is 2.17. The number of hydrogen-bond acceptors (Lipinski definition) is 4. The van der Waals surface area contributed by atoms with Gasteiger partial charge in [-0.3, -0.25) is 4.79 Å². The zero-order chi connectivity index (χ0) is 16.2. The van der Waals surface area contributed by atoms with Crippen molar-refractivity contribution in [3.63, 3.8) is 0 Å². The van der Waals surface area contributed by atoms with E-state index >= 15 is 0 Å². The molecule has 22 heavy (non-hydrogen) atoms. The van der Waals surface area contributed by atoms with Crippen molar-refractivity contribution >= 4 is 27.5 Å². The molecule has 1 atom stereocenters. The van der Waals surface area contributed by atoms with E-state index in [9.17, 15) is 13.2 Å². The molecule has 1 aromatic rings. The topological polar surface area (TPSA) is 78.5 Å². The number of likely N-dealkylation sites (N-methyl/N-ethyl adjacent to an activating group) is 1. The summed E-state index contributed by atoms with van der Waals surface area (Å²) in [6, 6.07) is 6.15. The van der Waals surface area contributed by atoms with Gasteiger partial charge in [0, 0.05) is 24.7 Å². The van der Waals surface area contributed by atoms with E-state index in [4.69, 9.17) is 11.6 Å². The average molecular weight is 346 g/mol. The van der Waals surface area contributed by atoms with Crippen LogP contribution in [0.4, 0.5) is 0 Å². The summed E-state index contributed by atoms with van der Waals surface area (Å²) in [6.07, 6.45) is 2.13. The molecule has 2 rings (SSSR count). The number of hydrogen-bond donors (Lipinski definition) is 2. The van der Waals surface area contributed by atoms with Crippen LogP contribution >= 0.6 is 11.6 Å². The Morgan fingerprint density at radius 3 is 2.68 bits per heavy atom. The van der Waals surface area contributed by atoms with Gasteiger partial charge in [0.2, 0.25) is 15.9 Å². The minimum atomic E-state index is -3.69. The van der Waals surface area contributed by atoms with Gasteiger partial charge in [0.05, 0.1) is 11.4 Å². The lowest BCUT2D eigenvalue weighted by Gasteiger charge is -2.18. The fourth-order valence-corrected chi connectivity index (χ4v) is 3.55. The van der Waals surface area contributed by atoms with Crippen LogP contribution in [0.1, 0.15) is 12.8 Å². The molecule has 1 amide bonds. The molecule has 0 bridgehead atoms. The van der Waals surface area contributed by atoms with E-state index in [1.807, 2.05) is 0 Å². The Balaban J connectivity index is 1.90. The number of rotatable bonds is 6. The van der Waals surface area contributed by atoms with Crippen LogP contribution in [-0.4, -0.2) is 51.4 Å². The average Bonchev–Trinajstić information content (AvgIpc) is 2.99. The number of sulfonamides is 1. The quantitative estimate of drug-likeness (QED) is 0.800. The van der Waals surface area contributed by atoms with Crippen molar-refractivity contribution < 1.29 is 13.2 Å². The van der Waals surface area contributed by atoms with Gasteiger partial charge in [0.25, 0.3) is 0 Å². The van der Waals surface area contributed by atoms with Crippen LogP contribution in [0, 0.1) is 0 Å². The molecule has 1 unspecified atom stereocenters. The monoisotopic (exact) mass is 345 g/mol. The Kier molecular flexibility index (Phi) is 5.80. The number of amides is 1. The first kappa shape index (κ1) is 17.2. The molecule has 0 radical (unpaired) electrons. The molecular formula is C14H20ClN3O3S. The highest BCUT2D eigenvalue weighted by molar-refractivity contribution is 7.89. The van der Waals surface area contributed by atoms with E-state index in [2.05, 4.69) is 10.6 Å². The van der Waals surface area contributed by atoms with Crippen LogP contribution < -0.4 is 10.6 Å². The van der Waals surface area contributed by atoms with Gasteiger partial charge in [0.1, 0.15) is 0 Å². The molecule has 122 valence electrons. The Bertz CT molecular complexity index is 613. The number of nitrogens with zero attached hydrogens (tertiary/aromatic N) is 1. The van der Waals surface area contributed by atoms with Crippen LogP contribution in [0.25, 0.3) is 0 Å². The van der Waals surface area contributed by atoms with Crippen molar-refractivity contribution in [1.29, 1.82) is 0 Å². The molecule has 6 nitrogen and oxygen atoms in total. The molecule has 8 heteroatoms. The second-order valence-electron chi connectivity index (χ2n) is 5.31. The first-order valence-corrected chi connectivity index (χ1v) is 8.93. The van der Waals surface area contributed by atoms with E-state index < -0.39 is 10.0 Å². The van der Waals surface area contributed by atoms with Crippen molar-refractivity contribution in [1.82, 2.24) is 14.9 Å². The smallest absolute Gasteiger partial charge is 0.243 e. The van der Waals surface area contributed by atoms with Gasteiger partial charge in [0.15, 0.2) is 0 Å². The first-order valence-electron chi connectivity index (χ1n) is 7.11. The van der Waals surface area contributed by atoms with E-state index in [1.54, 1.807) is 0 Å². The van der Waals surface area contributed by atoms with Crippen LogP contribution in [0.5, 0.6) is 0 Å². The Labute approximate surface area is 135 Å². The lowest BCUT2D eigenvalue weighted by atomic mass is 10.2. The molecule has 1 saturated heterocycles. The third-order valence-corrected chi connectivity index (χ3v) is 5.67. The van der Waals surface area contributed by atoms with Crippen LogP contribution in [0.2, 0.25) is 5.02 Å². The maximum atomic E-state index is 12.3. The standard InChI is InChI=1S/C14H20ClN3O3S/c1-18(10-14(19)17-9-12-3-2-8-16-12)22(20,21)13-6-4-11(15)5-7-13/h4-7,12,16H,2-3,8-10H2,1H3,(H,17,19). The lowest BCUT2D eigenvalue weighted by molar-refractivity contribution is -0.121. The number of halogens is 1. The summed E-state index contributed by atoms with van der Waals surface area (Å²) in [5, 5.41) is 6.49. The third kappa shape index (κ3) is 4.42. The van der Waals surface area contributed by atoms with Crippen LogP contribution in [0.15, 0.2) is 29.2 Å². The van der Waals surface area contributed by atoms with Crippen LogP contribution in [0.3, 0.4) is 0 Å². The van der Waals surface area contributed by atoms with Crippen molar-refractivity contribution in [3.8, 4) is 0 Å². The number of benzene rings is 1. The number of nitrogens with one attached hydrogen (secondary N) is 2. The first-order chi connectivity index (χ1) is 10.4. The zero-order valence-corrected chi connectivity index (χ0v) is 14.0. The van der Waals surface area contributed by atoms with Crippen molar-refractivity contribution in [2.75, 3.05) is 26.7 Å². The molecule has 1 aromatic carbocycles. The number of carbonyl (C=O) groups is 1. The van der Waals surface area contributed by atoms with Gasteiger partial charge in [-0.25, -0.2) is 8.42 Å². The summed E-state index contributed by atoms with van der Waals surface area (Å²) in [5.74, 6) is -0.311. The summed E-state index contributed by atoms with van der Waals surface area (Å²) in [6.45, 7) is 1.27. The summed E-state index contributed by atoms with van der Waals surface area (Å²) in [4.78, 5) is 12.0. The lowest BCUT2D eigenvalue weighted by Crippen LogP contribution is -2.42. The molecule has 2 N–H and O–H groups in total. The SMILES string of the molecule is CN(CC(=O)NCC1CCCN1)S(=O)(=O)c1ccc(Cl)cc1. The predicted molar refractivity (Wildman–Crippen MR) is 85.3 cm³/mol. The molecule has 0 saturated carbocycles. The Morgan fingerprint density at radius 1 is 1.41 bits per heavy atom. The third-order valence-electron chi connectivity index (χ3n) is 3.60. The van der Waals surface area contributed by atoms with E-state index in [0.717, 1.165) is 23.7 Å². The fraction of sp³-hybridized carbons (Fsp3) is 0.500.